The van der Waals surface area contributed by atoms with Crippen LogP contribution in [0.4, 0.5) is 13.2 Å². The SMILES string of the molecule is O=C(O)c1cccc([C@H]2C[C@@H](NC(=O)C3(c4ccc5c(c4)OC(F)(F)O5)CC3)c3cccc(F)c3O2)c1. The van der Waals surface area contributed by atoms with Gasteiger partial charge in [-0.25, -0.2) is 9.18 Å². The topological polar surface area (TPSA) is 94.1 Å². The highest BCUT2D eigenvalue weighted by atomic mass is 19.3. The van der Waals surface area contributed by atoms with Gasteiger partial charge in [-0.3, -0.25) is 4.79 Å². The second kappa shape index (κ2) is 8.16. The maximum atomic E-state index is 14.8. The molecule has 0 aromatic heterocycles. The number of carbonyl (C=O) groups excluding carboxylic acids is 1. The Labute approximate surface area is 208 Å². The van der Waals surface area contributed by atoms with Gasteiger partial charge in [-0.1, -0.05) is 30.3 Å². The molecule has 3 aromatic carbocycles. The monoisotopic (exact) mass is 511 g/mol. The van der Waals surface area contributed by atoms with Crippen LogP contribution in [0.1, 0.15) is 58.5 Å². The lowest BCUT2D eigenvalue weighted by Crippen LogP contribution is -2.39. The molecular formula is C27H20F3NO6. The number of para-hydroxylation sites is 1. The average molecular weight is 511 g/mol. The highest BCUT2D eigenvalue weighted by Crippen LogP contribution is 2.53. The molecular weight excluding hydrogens is 491 g/mol. The number of benzene rings is 3. The summed E-state index contributed by atoms with van der Waals surface area (Å²) in [7, 11) is 0. The molecule has 1 saturated carbocycles. The van der Waals surface area contributed by atoms with E-state index in [0.29, 0.717) is 29.5 Å². The van der Waals surface area contributed by atoms with Gasteiger partial charge in [0, 0.05) is 12.0 Å². The molecule has 0 spiro atoms. The van der Waals surface area contributed by atoms with Crippen molar-refractivity contribution in [3.8, 4) is 17.2 Å². The van der Waals surface area contributed by atoms with Gasteiger partial charge in [-0.2, -0.15) is 0 Å². The van der Waals surface area contributed by atoms with Gasteiger partial charge in [0.1, 0.15) is 6.10 Å². The Bertz CT molecular complexity index is 1440. The molecule has 6 rings (SSSR count). The minimum Gasteiger partial charge on any atom is -0.482 e. The van der Waals surface area contributed by atoms with Crippen LogP contribution in [0.25, 0.3) is 0 Å². The Balaban J connectivity index is 1.29. The van der Waals surface area contributed by atoms with Crippen LogP contribution in [0, 0.1) is 5.82 Å². The summed E-state index contributed by atoms with van der Waals surface area (Å²) < 4.78 is 56.6. The van der Waals surface area contributed by atoms with Crippen molar-refractivity contribution in [2.75, 3.05) is 0 Å². The molecule has 3 aromatic rings. The predicted octanol–water partition coefficient (Wildman–Crippen LogP) is 5.26. The molecule has 7 nitrogen and oxygen atoms in total. The quantitative estimate of drug-likeness (QED) is 0.486. The third-order valence-corrected chi connectivity index (χ3v) is 7.03. The van der Waals surface area contributed by atoms with E-state index in [1.165, 1.54) is 36.4 Å². The van der Waals surface area contributed by atoms with E-state index in [9.17, 15) is 27.9 Å². The molecule has 0 unspecified atom stereocenters. The fourth-order valence-electron chi connectivity index (χ4n) is 4.98. The van der Waals surface area contributed by atoms with Gasteiger partial charge >= 0.3 is 12.3 Å². The molecule has 1 aliphatic carbocycles. The molecule has 190 valence electrons. The first-order chi connectivity index (χ1) is 17.6. The largest absolute Gasteiger partial charge is 0.586 e. The van der Waals surface area contributed by atoms with Crippen molar-refractivity contribution in [1.82, 2.24) is 5.32 Å². The van der Waals surface area contributed by atoms with Gasteiger partial charge < -0.3 is 24.6 Å². The first-order valence-electron chi connectivity index (χ1n) is 11.6. The number of hydrogen-bond donors (Lipinski definition) is 2. The fourth-order valence-corrected chi connectivity index (χ4v) is 4.98. The summed E-state index contributed by atoms with van der Waals surface area (Å²) in [6, 6.07) is 14.3. The molecule has 2 heterocycles. The van der Waals surface area contributed by atoms with E-state index in [-0.39, 0.29) is 35.1 Å². The normalized spacial score (nSPS) is 21.9. The number of hydrogen-bond acceptors (Lipinski definition) is 5. The number of carbonyl (C=O) groups is 2. The van der Waals surface area contributed by atoms with Gasteiger partial charge in [0.15, 0.2) is 23.1 Å². The van der Waals surface area contributed by atoms with E-state index in [1.807, 2.05) is 0 Å². The molecule has 3 aliphatic rings. The number of carboxylic acids is 1. The Morgan fingerprint density at radius 1 is 0.973 bits per heavy atom. The summed E-state index contributed by atoms with van der Waals surface area (Å²) in [5.74, 6) is -2.30. The van der Waals surface area contributed by atoms with Crippen LogP contribution < -0.4 is 19.5 Å². The van der Waals surface area contributed by atoms with Gasteiger partial charge in [0.25, 0.3) is 0 Å². The predicted molar refractivity (Wildman–Crippen MR) is 122 cm³/mol. The summed E-state index contributed by atoms with van der Waals surface area (Å²) in [4.78, 5) is 25.0. The zero-order valence-corrected chi connectivity index (χ0v) is 19.2. The van der Waals surface area contributed by atoms with Gasteiger partial charge in [-0.15, -0.1) is 8.78 Å². The molecule has 1 amide bonds. The van der Waals surface area contributed by atoms with Gasteiger partial charge in [-0.05, 0) is 54.3 Å². The molecule has 2 N–H and O–H groups in total. The van der Waals surface area contributed by atoms with Gasteiger partial charge in [0.2, 0.25) is 5.91 Å². The Morgan fingerprint density at radius 2 is 1.73 bits per heavy atom. The second-order valence-corrected chi connectivity index (χ2v) is 9.37. The van der Waals surface area contributed by atoms with Crippen molar-refractivity contribution in [2.24, 2.45) is 0 Å². The van der Waals surface area contributed by atoms with Crippen LogP contribution in [-0.4, -0.2) is 23.3 Å². The number of rotatable bonds is 5. The minimum atomic E-state index is -3.76. The number of carboxylic acid groups (broad SMARTS) is 1. The lowest BCUT2D eigenvalue weighted by molar-refractivity contribution is -0.286. The highest BCUT2D eigenvalue weighted by molar-refractivity contribution is 5.92. The smallest absolute Gasteiger partial charge is 0.482 e. The van der Waals surface area contributed by atoms with Crippen molar-refractivity contribution in [3.05, 3.63) is 88.7 Å². The van der Waals surface area contributed by atoms with Crippen molar-refractivity contribution >= 4 is 11.9 Å². The first-order valence-corrected chi connectivity index (χ1v) is 11.6. The van der Waals surface area contributed by atoms with Gasteiger partial charge in [0.05, 0.1) is 17.0 Å². The number of halogens is 3. The molecule has 1 fully saturated rings. The summed E-state index contributed by atoms with van der Waals surface area (Å²) in [6.45, 7) is 0. The molecule has 0 saturated heterocycles. The van der Waals surface area contributed by atoms with Crippen LogP contribution in [0.2, 0.25) is 0 Å². The summed E-state index contributed by atoms with van der Waals surface area (Å²) in [5.41, 5.74) is 0.625. The number of nitrogens with one attached hydrogen (secondary N) is 1. The van der Waals surface area contributed by atoms with E-state index in [1.54, 1.807) is 24.3 Å². The second-order valence-electron chi connectivity index (χ2n) is 9.37. The van der Waals surface area contributed by atoms with Crippen LogP contribution >= 0.6 is 0 Å². The molecule has 37 heavy (non-hydrogen) atoms. The first kappa shape index (κ1) is 23.2. The zero-order chi connectivity index (χ0) is 25.9. The fraction of sp³-hybridized carbons (Fsp3) is 0.259. The number of fused-ring (bicyclic) bond motifs is 2. The van der Waals surface area contributed by atoms with Crippen molar-refractivity contribution in [2.45, 2.75) is 43.1 Å². The summed E-state index contributed by atoms with van der Waals surface area (Å²) in [6.07, 6.45) is -3.25. The third kappa shape index (κ3) is 4.02. The van der Waals surface area contributed by atoms with Crippen molar-refractivity contribution in [1.29, 1.82) is 0 Å². The number of ether oxygens (including phenoxy) is 3. The maximum Gasteiger partial charge on any atom is 0.586 e. The highest BCUT2D eigenvalue weighted by Gasteiger charge is 2.53. The van der Waals surface area contributed by atoms with E-state index in [0.717, 1.165) is 0 Å². The number of aromatic carboxylic acids is 1. The van der Waals surface area contributed by atoms with Crippen molar-refractivity contribution < 1.29 is 42.1 Å². The molecule has 10 heteroatoms. The summed E-state index contributed by atoms with van der Waals surface area (Å²) in [5, 5.41) is 12.4. The molecule has 0 radical (unpaired) electrons. The van der Waals surface area contributed by atoms with E-state index in [4.69, 9.17) is 4.74 Å². The molecule has 0 bridgehead atoms. The Kier molecular flexibility index (Phi) is 5.11. The van der Waals surface area contributed by atoms with Crippen molar-refractivity contribution in [3.63, 3.8) is 0 Å². The minimum absolute atomic E-state index is 0.0139. The summed E-state index contributed by atoms with van der Waals surface area (Å²) >= 11 is 0. The lowest BCUT2D eigenvalue weighted by atomic mass is 9.90. The third-order valence-electron chi connectivity index (χ3n) is 7.03. The molecule has 2 atom stereocenters. The van der Waals surface area contributed by atoms with E-state index < -0.39 is 35.6 Å². The average Bonchev–Trinajstić information content (AvgIpc) is 3.61. The van der Waals surface area contributed by atoms with E-state index in [2.05, 4.69) is 14.8 Å². The van der Waals surface area contributed by atoms with Crippen LogP contribution in [0.5, 0.6) is 17.2 Å². The Morgan fingerprint density at radius 3 is 2.49 bits per heavy atom. The molecule has 2 aliphatic heterocycles. The zero-order valence-electron chi connectivity index (χ0n) is 19.2. The Hall–Kier alpha value is -4.21. The standard InChI is InChI=1S/C27H20F3NO6/c28-18-6-2-5-17-19(13-21(35-23(17)18)14-3-1-4-15(11-14)24(32)33)31-25(34)26(9-10-26)16-7-8-20-22(12-16)37-27(29,30)36-20/h1-8,11-12,19,21H,9-10,13H2,(H,31,34)(H,32,33)/t19-,21-/m1/s1. The number of alkyl halides is 2. The number of amides is 1. The van der Waals surface area contributed by atoms with Crippen LogP contribution in [-0.2, 0) is 10.2 Å². The maximum absolute atomic E-state index is 14.8. The van der Waals surface area contributed by atoms with Crippen LogP contribution in [0.15, 0.2) is 60.7 Å². The lowest BCUT2D eigenvalue weighted by Gasteiger charge is -2.34. The van der Waals surface area contributed by atoms with E-state index >= 15 is 0 Å². The van der Waals surface area contributed by atoms with Crippen LogP contribution in [0.3, 0.4) is 0 Å².